The van der Waals surface area contributed by atoms with E-state index in [1.807, 2.05) is 0 Å². The average Bonchev–Trinajstić information content (AvgIpc) is 3.24. The molecule has 22 heavy (non-hydrogen) atoms. The van der Waals surface area contributed by atoms with Crippen LogP contribution in [0.25, 0.3) is 11.4 Å². The van der Waals surface area contributed by atoms with E-state index in [9.17, 15) is 10.1 Å². The van der Waals surface area contributed by atoms with Crippen LogP contribution in [0.5, 0.6) is 0 Å². The number of nitro groups is 1. The zero-order valence-electron chi connectivity index (χ0n) is 12.1. The van der Waals surface area contributed by atoms with E-state index in [0.29, 0.717) is 17.6 Å². The lowest BCUT2D eigenvalue weighted by Gasteiger charge is -2.19. The van der Waals surface area contributed by atoms with Crippen LogP contribution >= 0.6 is 0 Å². The molecule has 0 aliphatic heterocycles. The van der Waals surface area contributed by atoms with Gasteiger partial charge in [-0.25, -0.2) is 0 Å². The van der Waals surface area contributed by atoms with Gasteiger partial charge in [-0.15, -0.1) is 0 Å². The normalized spacial score (nSPS) is 26.5. The first-order valence-corrected chi connectivity index (χ1v) is 7.76. The Balaban J connectivity index is 1.48. The van der Waals surface area contributed by atoms with Crippen LogP contribution in [0.3, 0.4) is 0 Å². The first kappa shape index (κ1) is 13.4. The third kappa shape index (κ3) is 2.38. The van der Waals surface area contributed by atoms with E-state index in [1.165, 1.54) is 37.8 Å². The summed E-state index contributed by atoms with van der Waals surface area (Å²) in [5.41, 5.74) is 0.808. The lowest BCUT2D eigenvalue weighted by atomic mass is 9.86. The molecule has 3 unspecified atom stereocenters. The molecule has 0 spiro atoms. The number of hydrogen-bond donors (Lipinski definition) is 0. The second-order valence-electron chi connectivity index (χ2n) is 6.45. The highest BCUT2D eigenvalue weighted by atomic mass is 16.6. The molecular weight excluding hydrogens is 282 g/mol. The third-order valence-electron chi connectivity index (χ3n) is 5.13. The van der Waals surface area contributed by atoms with Crippen molar-refractivity contribution in [1.82, 2.24) is 10.1 Å². The molecule has 3 atom stereocenters. The van der Waals surface area contributed by atoms with E-state index in [0.717, 1.165) is 23.8 Å². The van der Waals surface area contributed by atoms with Gasteiger partial charge in [0.15, 0.2) is 0 Å². The number of nitrogens with zero attached hydrogens (tertiary/aromatic N) is 3. The van der Waals surface area contributed by atoms with E-state index in [2.05, 4.69) is 10.1 Å². The fraction of sp³-hybridized carbons (Fsp3) is 0.500. The van der Waals surface area contributed by atoms with Crippen LogP contribution in [0.4, 0.5) is 5.69 Å². The average molecular weight is 299 g/mol. The quantitative estimate of drug-likeness (QED) is 0.636. The molecule has 1 aromatic carbocycles. The molecule has 6 heteroatoms. The van der Waals surface area contributed by atoms with Gasteiger partial charge in [0.2, 0.25) is 11.7 Å². The summed E-state index contributed by atoms with van der Waals surface area (Å²) in [6, 6.07) is 6.23. The molecule has 2 saturated carbocycles. The molecule has 2 aliphatic rings. The van der Waals surface area contributed by atoms with Gasteiger partial charge in [0, 0.05) is 24.1 Å². The molecular formula is C16H17N3O3. The van der Waals surface area contributed by atoms with Gasteiger partial charge < -0.3 is 4.52 Å². The first-order chi connectivity index (χ1) is 10.7. The van der Waals surface area contributed by atoms with Crippen molar-refractivity contribution in [3.8, 4) is 11.4 Å². The number of aromatic nitrogens is 2. The molecule has 2 aromatic rings. The number of non-ortho nitro benzene ring substituents is 1. The van der Waals surface area contributed by atoms with Crippen molar-refractivity contribution in [1.29, 1.82) is 0 Å². The van der Waals surface area contributed by atoms with Crippen LogP contribution in [0, 0.1) is 27.9 Å². The SMILES string of the molecule is O=[N+]([O-])c1ccc(-c2noc(CC3CC4CCC3C4)n2)cc1. The second kappa shape index (κ2) is 5.19. The maximum Gasteiger partial charge on any atom is 0.269 e. The van der Waals surface area contributed by atoms with E-state index < -0.39 is 4.92 Å². The van der Waals surface area contributed by atoms with Crippen LogP contribution in [0.2, 0.25) is 0 Å². The third-order valence-corrected chi connectivity index (χ3v) is 5.13. The Kier molecular flexibility index (Phi) is 3.17. The van der Waals surface area contributed by atoms with E-state index in [1.54, 1.807) is 12.1 Å². The topological polar surface area (TPSA) is 82.1 Å². The van der Waals surface area contributed by atoms with Gasteiger partial charge >= 0.3 is 0 Å². The molecule has 2 bridgehead atoms. The van der Waals surface area contributed by atoms with Gasteiger partial charge in [0.25, 0.3) is 5.69 Å². The van der Waals surface area contributed by atoms with E-state index in [-0.39, 0.29) is 5.69 Å². The minimum atomic E-state index is -0.416. The Labute approximate surface area is 127 Å². The van der Waals surface area contributed by atoms with Gasteiger partial charge in [-0.1, -0.05) is 11.6 Å². The van der Waals surface area contributed by atoms with Gasteiger partial charge in [-0.05, 0) is 49.1 Å². The molecule has 114 valence electrons. The number of benzene rings is 1. The van der Waals surface area contributed by atoms with Crippen molar-refractivity contribution in [3.05, 3.63) is 40.3 Å². The minimum Gasteiger partial charge on any atom is -0.339 e. The van der Waals surface area contributed by atoms with Crippen molar-refractivity contribution in [2.75, 3.05) is 0 Å². The summed E-state index contributed by atoms with van der Waals surface area (Å²) in [5.74, 6) is 3.62. The molecule has 2 fully saturated rings. The van der Waals surface area contributed by atoms with Crippen molar-refractivity contribution >= 4 is 5.69 Å². The monoisotopic (exact) mass is 299 g/mol. The van der Waals surface area contributed by atoms with Crippen LogP contribution < -0.4 is 0 Å². The summed E-state index contributed by atoms with van der Waals surface area (Å²) >= 11 is 0. The highest BCUT2D eigenvalue weighted by Crippen LogP contribution is 2.49. The summed E-state index contributed by atoms with van der Waals surface area (Å²) in [5, 5.41) is 14.7. The van der Waals surface area contributed by atoms with Crippen molar-refractivity contribution in [2.45, 2.75) is 32.1 Å². The Bertz CT molecular complexity index is 695. The maximum absolute atomic E-state index is 10.7. The summed E-state index contributed by atoms with van der Waals surface area (Å²) in [6.45, 7) is 0. The highest BCUT2D eigenvalue weighted by molar-refractivity contribution is 5.56. The van der Waals surface area contributed by atoms with Crippen LogP contribution in [0.1, 0.15) is 31.6 Å². The zero-order valence-corrected chi connectivity index (χ0v) is 12.1. The van der Waals surface area contributed by atoms with Crippen molar-refractivity contribution in [3.63, 3.8) is 0 Å². The number of fused-ring (bicyclic) bond motifs is 2. The fourth-order valence-electron chi connectivity index (χ4n) is 4.04. The predicted octanol–water partition coefficient (Wildman–Crippen LogP) is 3.62. The summed E-state index contributed by atoms with van der Waals surface area (Å²) in [6.07, 6.45) is 6.26. The summed E-state index contributed by atoms with van der Waals surface area (Å²) in [7, 11) is 0. The Morgan fingerprint density at radius 1 is 1.23 bits per heavy atom. The lowest BCUT2D eigenvalue weighted by molar-refractivity contribution is -0.384. The molecule has 0 N–H and O–H groups in total. The lowest BCUT2D eigenvalue weighted by Crippen LogP contribution is -2.13. The van der Waals surface area contributed by atoms with Crippen LogP contribution in [0.15, 0.2) is 28.8 Å². The maximum atomic E-state index is 10.7. The van der Waals surface area contributed by atoms with Gasteiger partial charge in [0.05, 0.1) is 4.92 Å². The van der Waals surface area contributed by atoms with E-state index in [4.69, 9.17) is 4.52 Å². The second-order valence-corrected chi connectivity index (χ2v) is 6.45. The predicted molar refractivity (Wildman–Crippen MR) is 79.0 cm³/mol. The van der Waals surface area contributed by atoms with Gasteiger partial charge in [0.1, 0.15) is 0 Å². The Hall–Kier alpha value is -2.24. The number of nitro benzene ring substituents is 1. The smallest absolute Gasteiger partial charge is 0.269 e. The summed E-state index contributed by atoms with van der Waals surface area (Å²) in [4.78, 5) is 14.7. The zero-order chi connectivity index (χ0) is 15.1. The minimum absolute atomic E-state index is 0.0643. The van der Waals surface area contributed by atoms with Gasteiger partial charge in [-0.3, -0.25) is 10.1 Å². The summed E-state index contributed by atoms with van der Waals surface area (Å²) < 4.78 is 5.37. The van der Waals surface area contributed by atoms with Crippen LogP contribution in [-0.2, 0) is 6.42 Å². The number of rotatable bonds is 4. The first-order valence-electron chi connectivity index (χ1n) is 7.76. The molecule has 0 radical (unpaired) electrons. The van der Waals surface area contributed by atoms with Crippen molar-refractivity contribution < 1.29 is 9.45 Å². The molecule has 2 aliphatic carbocycles. The Morgan fingerprint density at radius 3 is 2.68 bits per heavy atom. The molecule has 0 amide bonds. The molecule has 0 saturated heterocycles. The Morgan fingerprint density at radius 2 is 2.05 bits per heavy atom. The molecule has 1 aromatic heterocycles. The number of hydrogen-bond acceptors (Lipinski definition) is 5. The fourth-order valence-corrected chi connectivity index (χ4v) is 4.04. The van der Waals surface area contributed by atoms with Crippen molar-refractivity contribution in [2.24, 2.45) is 17.8 Å². The van der Waals surface area contributed by atoms with Crippen LogP contribution in [-0.4, -0.2) is 15.1 Å². The molecule has 1 heterocycles. The van der Waals surface area contributed by atoms with E-state index >= 15 is 0 Å². The molecule has 6 nitrogen and oxygen atoms in total. The van der Waals surface area contributed by atoms with Gasteiger partial charge in [-0.2, -0.15) is 4.98 Å². The standard InChI is InChI=1S/C16H17N3O3/c20-19(21)14-5-3-11(4-6-14)16-17-15(22-18-16)9-13-8-10-1-2-12(13)7-10/h3-6,10,12-13H,1-2,7-9H2. The largest absolute Gasteiger partial charge is 0.339 e. The molecule has 4 rings (SSSR count). The highest BCUT2D eigenvalue weighted by Gasteiger charge is 2.40.